The first-order valence-electron chi connectivity index (χ1n) is 33.9. The molecule has 80 heavy (non-hydrogen) atoms. The van der Waals surface area contributed by atoms with Crippen LogP contribution in [0.5, 0.6) is 0 Å². The summed E-state index contributed by atoms with van der Waals surface area (Å²) in [5, 5.41) is 0. The zero-order valence-corrected chi connectivity index (χ0v) is 52.6. The molecule has 0 aromatic heterocycles. The van der Waals surface area contributed by atoms with Crippen molar-refractivity contribution in [1.82, 2.24) is 0 Å². The second-order valence-electron chi connectivity index (χ2n) is 22.4. The van der Waals surface area contributed by atoms with Gasteiger partial charge in [-0.15, -0.1) is 0 Å². The highest BCUT2D eigenvalue weighted by atomic mass is 16.6. The summed E-state index contributed by atoms with van der Waals surface area (Å²) < 4.78 is 16.8. The molecule has 0 N–H and O–H groups in total. The first-order valence-corrected chi connectivity index (χ1v) is 33.9. The second kappa shape index (κ2) is 67.6. The highest BCUT2D eigenvalue weighted by Gasteiger charge is 2.19. The maximum absolute atomic E-state index is 12.9. The summed E-state index contributed by atoms with van der Waals surface area (Å²) >= 11 is 0. The number of ether oxygens (including phenoxy) is 3. The lowest BCUT2D eigenvalue weighted by Gasteiger charge is -2.18. The van der Waals surface area contributed by atoms with Crippen LogP contribution in [0.1, 0.15) is 323 Å². The lowest BCUT2D eigenvalue weighted by atomic mass is 10.0. The first-order chi connectivity index (χ1) is 39.5. The van der Waals surface area contributed by atoms with Crippen LogP contribution < -0.4 is 0 Å². The average Bonchev–Trinajstić information content (AvgIpc) is 3.46. The average molecular weight is 1110 g/mol. The van der Waals surface area contributed by atoms with Gasteiger partial charge in [-0.3, -0.25) is 14.4 Å². The zero-order valence-electron chi connectivity index (χ0n) is 52.6. The normalized spacial score (nSPS) is 12.8. The molecule has 0 aliphatic heterocycles. The van der Waals surface area contributed by atoms with Gasteiger partial charge in [0.2, 0.25) is 0 Å². The molecule has 0 spiro atoms. The van der Waals surface area contributed by atoms with Crippen LogP contribution in [0.4, 0.5) is 0 Å². The summed E-state index contributed by atoms with van der Waals surface area (Å²) in [4.78, 5) is 38.1. The number of rotatable bonds is 61. The summed E-state index contributed by atoms with van der Waals surface area (Å²) in [6.45, 7) is 6.47. The third-order valence-electron chi connectivity index (χ3n) is 14.5. The number of carbonyl (C=O) groups is 3. The van der Waals surface area contributed by atoms with Gasteiger partial charge in [0.05, 0.1) is 0 Å². The third kappa shape index (κ3) is 64.9. The van der Waals surface area contributed by atoms with Crippen LogP contribution >= 0.6 is 0 Å². The molecule has 0 bridgehead atoms. The van der Waals surface area contributed by atoms with E-state index >= 15 is 0 Å². The van der Waals surface area contributed by atoms with Gasteiger partial charge in [-0.1, -0.05) is 304 Å². The molecule has 0 rings (SSSR count). The Labute approximate surface area is 495 Å². The van der Waals surface area contributed by atoms with Gasteiger partial charge < -0.3 is 14.2 Å². The van der Waals surface area contributed by atoms with E-state index in [0.29, 0.717) is 19.3 Å². The van der Waals surface area contributed by atoms with Gasteiger partial charge >= 0.3 is 17.9 Å². The highest BCUT2D eigenvalue weighted by Crippen LogP contribution is 2.17. The van der Waals surface area contributed by atoms with Gasteiger partial charge in [0.25, 0.3) is 0 Å². The number of hydrogen-bond donors (Lipinski definition) is 0. The maximum atomic E-state index is 12.9. The van der Waals surface area contributed by atoms with Crippen molar-refractivity contribution in [3.05, 3.63) is 109 Å². The predicted octanol–water partition coefficient (Wildman–Crippen LogP) is 23.4. The van der Waals surface area contributed by atoms with Crippen molar-refractivity contribution in [3.63, 3.8) is 0 Å². The predicted molar refractivity (Wildman–Crippen MR) is 348 cm³/mol. The lowest BCUT2D eigenvalue weighted by molar-refractivity contribution is -0.167. The van der Waals surface area contributed by atoms with Crippen molar-refractivity contribution in [2.75, 3.05) is 13.2 Å². The Bertz CT molecular complexity index is 1610. The van der Waals surface area contributed by atoms with Crippen molar-refractivity contribution in [2.45, 2.75) is 329 Å². The quantitative estimate of drug-likeness (QED) is 0.0261. The van der Waals surface area contributed by atoms with Crippen LogP contribution in [0.3, 0.4) is 0 Å². The molecule has 0 aromatic rings. The van der Waals surface area contributed by atoms with Crippen LogP contribution in [-0.2, 0) is 28.6 Å². The van der Waals surface area contributed by atoms with Crippen molar-refractivity contribution in [1.29, 1.82) is 0 Å². The smallest absolute Gasteiger partial charge is 0.306 e. The summed E-state index contributed by atoms with van der Waals surface area (Å²) in [5.41, 5.74) is 0. The monoisotopic (exact) mass is 1110 g/mol. The van der Waals surface area contributed by atoms with Crippen LogP contribution in [0.25, 0.3) is 0 Å². The van der Waals surface area contributed by atoms with E-state index in [2.05, 4.69) is 130 Å². The fourth-order valence-corrected chi connectivity index (χ4v) is 9.45. The van der Waals surface area contributed by atoms with Gasteiger partial charge in [-0.2, -0.15) is 0 Å². The third-order valence-corrected chi connectivity index (χ3v) is 14.5. The number of carbonyl (C=O) groups excluding carboxylic acids is 3. The molecule has 6 heteroatoms. The fourth-order valence-electron chi connectivity index (χ4n) is 9.45. The molecule has 458 valence electrons. The molecular weight excluding hydrogens is 985 g/mol. The van der Waals surface area contributed by atoms with Gasteiger partial charge in [0.1, 0.15) is 13.2 Å². The van der Waals surface area contributed by atoms with E-state index in [-0.39, 0.29) is 31.1 Å². The van der Waals surface area contributed by atoms with Crippen LogP contribution in [0, 0.1) is 0 Å². The van der Waals surface area contributed by atoms with Gasteiger partial charge in [-0.25, -0.2) is 0 Å². The molecule has 1 unspecified atom stereocenters. The molecule has 0 aliphatic rings. The first kappa shape index (κ1) is 76.1. The molecule has 1 atom stereocenters. The molecule has 0 aromatic carbocycles. The Morgan fingerprint density at radius 3 is 0.775 bits per heavy atom. The van der Waals surface area contributed by atoms with E-state index in [9.17, 15) is 14.4 Å². The van der Waals surface area contributed by atoms with E-state index in [1.165, 1.54) is 161 Å². The highest BCUT2D eigenvalue weighted by molar-refractivity contribution is 5.71. The minimum Gasteiger partial charge on any atom is -0.462 e. The van der Waals surface area contributed by atoms with Crippen molar-refractivity contribution < 1.29 is 28.6 Å². The van der Waals surface area contributed by atoms with E-state index in [0.717, 1.165) is 122 Å². The minimum absolute atomic E-state index is 0.0853. The topological polar surface area (TPSA) is 78.9 Å². The fraction of sp³-hybridized carbons (Fsp3) is 0.716. The largest absolute Gasteiger partial charge is 0.462 e. The van der Waals surface area contributed by atoms with Crippen molar-refractivity contribution >= 4 is 17.9 Å². The zero-order chi connectivity index (χ0) is 57.8. The van der Waals surface area contributed by atoms with Gasteiger partial charge in [0.15, 0.2) is 6.10 Å². The molecule has 0 saturated carbocycles. The number of unbranched alkanes of at least 4 members (excludes halogenated alkanes) is 32. The summed E-state index contributed by atoms with van der Waals surface area (Å²) in [5.74, 6) is -0.913. The Hall–Kier alpha value is -3.93. The van der Waals surface area contributed by atoms with Crippen molar-refractivity contribution in [3.8, 4) is 0 Å². The number of esters is 3. The molecule has 0 radical (unpaired) electrons. The SMILES string of the molecule is CC/C=C\C/C=C\C/C=C\C/C=C\C/C=C\C/C=C\C/C=C\C/C=C\CCCCCCC(=O)OCC(COC(=O)CCCCCCCC)OC(=O)CCCCCCCCCCCCCCCCC/C=C\CCCCCCCCCC. The Kier molecular flexibility index (Phi) is 64.3. The number of hydrogen-bond acceptors (Lipinski definition) is 6. The van der Waals surface area contributed by atoms with Crippen LogP contribution in [0.15, 0.2) is 109 Å². The van der Waals surface area contributed by atoms with E-state index in [1.54, 1.807) is 0 Å². The van der Waals surface area contributed by atoms with Crippen LogP contribution in [0.2, 0.25) is 0 Å². The van der Waals surface area contributed by atoms with E-state index in [4.69, 9.17) is 14.2 Å². The molecule has 0 aliphatic carbocycles. The van der Waals surface area contributed by atoms with E-state index < -0.39 is 6.10 Å². The summed E-state index contributed by atoms with van der Waals surface area (Å²) in [7, 11) is 0. The molecular formula is C74H126O6. The van der Waals surface area contributed by atoms with Crippen LogP contribution in [-0.4, -0.2) is 37.2 Å². The molecule has 0 saturated heterocycles. The van der Waals surface area contributed by atoms with E-state index in [1.807, 2.05) is 0 Å². The molecule has 6 nitrogen and oxygen atoms in total. The number of allylic oxidation sites excluding steroid dienone is 18. The van der Waals surface area contributed by atoms with Gasteiger partial charge in [-0.05, 0) is 109 Å². The standard InChI is InChI=1S/C74H126O6/c1-4-7-10-13-16-18-20-22-24-26-28-30-32-34-36-37-39-40-42-44-46-48-50-52-54-56-58-61-64-67-73(76)79-70-71(69-78-72(75)66-63-60-15-12-9-6-3)80-74(77)68-65-62-59-57-55-53-51-49-47-45-43-41-38-35-33-31-29-27-25-23-21-19-17-14-11-8-5-2/h7,10,16,18,22,24,27-30,34,36,39-40,44,46,50,52,71H,4-6,8-9,11-15,17,19-21,23,25-26,31-33,35,37-38,41-43,45,47-49,51,53-70H2,1-3H3/b10-7-,18-16-,24-22-,29-27-,30-28-,36-34-,40-39-,46-44-,52-50-. The molecule has 0 heterocycles. The lowest BCUT2D eigenvalue weighted by Crippen LogP contribution is -2.30. The summed E-state index contributed by atoms with van der Waals surface area (Å²) in [6, 6.07) is 0. The minimum atomic E-state index is -0.787. The second-order valence-corrected chi connectivity index (χ2v) is 22.4. The van der Waals surface area contributed by atoms with Gasteiger partial charge in [0, 0.05) is 19.3 Å². The van der Waals surface area contributed by atoms with Crippen molar-refractivity contribution in [2.24, 2.45) is 0 Å². The Morgan fingerprint density at radius 1 is 0.263 bits per heavy atom. The molecule has 0 amide bonds. The molecule has 0 fully saturated rings. The Morgan fingerprint density at radius 2 is 0.487 bits per heavy atom. The Balaban J connectivity index is 4.13. The summed E-state index contributed by atoms with van der Waals surface area (Å²) in [6.07, 6.45) is 92.9. The maximum Gasteiger partial charge on any atom is 0.306 e.